The molecule has 5 nitrogen and oxygen atoms in total. The minimum absolute atomic E-state index is 0.00319. The van der Waals surface area contributed by atoms with Crippen molar-refractivity contribution in [2.24, 2.45) is 5.92 Å². The Morgan fingerprint density at radius 1 is 1.15 bits per heavy atom. The normalized spacial score (nSPS) is 19.2. The molecule has 2 amide bonds. The summed E-state index contributed by atoms with van der Waals surface area (Å²) in [5.74, 6) is 0.892. The van der Waals surface area contributed by atoms with Crippen LogP contribution in [0.2, 0.25) is 0 Å². The first-order valence-electron chi connectivity index (χ1n) is 10.0. The smallest absolute Gasteiger partial charge is 0.253 e. The zero-order chi connectivity index (χ0) is 19.2. The molecule has 27 heavy (non-hydrogen) atoms. The van der Waals surface area contributed by atoms with Crippen molar-refractivity contribution in [2.75, 3.05) is 20.2 Å². The summed E-state index contributed by atoms with van der Waals surface area (Å²) in [7, 11) is 1.61. The number of carbonyl (C=O) groups excluding carboxylic acids is 2. The molecule has 1 fully saturated rings. The van der Waals surface area contributed by atoms with E-state index >= 15 is 0 Å². The standard InChI is InChI=1S/C22H30N2O3/c1-16(17-6-4-3-5-7-17)23-21(25)18-12-14-24(15-13-18)22(26)19-8-10-20(27-2)11-9-19/h6,8-11,16,18H,3-5,7,12-15H2,1-2H3,(H,23,25)/t16-/m1/s1. The van der Waals surface area contributed by atoms with E-state index in [1.807, 2.05) is 4.90 Å². The average Bonchev–Trinajstić information content (AvgIpc) is 2.74. The van der Waals surface area contributed by atoms with Gasteiger partial charge in [0.25, 0.3) is 5.91 Å². The number of benzene rings is 1. The molecule has 1 aromatic rings. The van der Waals surface area contributed by atoms with E-state index in [0.29, 0.717) is 18.7 Å². The highest BCUT2D eigenvalue weighted by molar-refractivity contribution is 5.94. The van der Waals surface area contributed by atoms with Gasteiger partial charge in [-0.25, -0.2) is 0 Å². The van der Waals surface area contributed by atoms with Gasteiger partial charge in [-0.1, -0.05) is 11.6 Å². The summed E-state index contributed by atoms with van der Waals surface area (Å²) >= 11 is 0. The molecular formula is C22H30N2O3. The Bertz CT molecular complexity index is 688. The summed E-state index contributed by atoms with van der Waals surface area (Å²) in [5, 5.41) is 3.18. The van der Waals surface area contributed by atoms with Gasteiger partial charge >= 0.3 is 0 Å². The number of ether oxygens (including phenoxy) is 1. The number of methoxy groups -OCH3 is 1. The molecule has 1 aromatic carbocycles. The first-order valence-corrected chi connectivity index (χ1v) is 10.0. The summed E-state index contributed by atoms with van der Waals surface area (Å²) in [4.78, 5) is 27.1. The van der Waals surface area contributed by atoms with Crippen molar-refractivity contribution in [3.8, 4) is 5.75 Å². The number of amides is 2. The van der Waals surface area contributed by atoms with Crippen LogP contribution in [-0.4, -0.2) is 43.0 Å². The molecule has 1 atom stereocenters. The predicted octanol–water partition coefficient (Wildman–Crippen LogP) is 3.55. The maximum absolute atomic E-state index is 12.6. The summed E-state index contributed by atoms with van der Waals surface area (Å²) in [6, 6.07) is 7.31. The van der Waals surface area contributed by atoms with Crippen molar-refractivity contribution in [2.45, 2.75) is 51.5 Å². The van der Waals surface area contributed by atoms with Crippen LogP contribution >= 0.6 is 0 Å². The number of allylic oxidation sites excluding steroid dienone is 1. The van der Waals surface area contributed by atoms with E-state index in [2.05, 4.69) is 18.3 Å². The molecule has 0 aromatic heterocycles. The number of nitrogens with zero attached hydrogens (tertiary/aromatic N) is 1. The third-order valence-corrected chi connectivity index (χ3v) is 5.73. The Hall–Kier alpha value is -2.30. The molecule has 1 heterocycles. The molecule has 1 aliphatic carbocycles. The van der Waals surface area contributed by atoms with Crippen molar-refractivity contribution in [1.82, 2.24) is 10.2 Å². The van der Waals surface area contributed by atoms with E-state index in [1.54, 1.807) is 31.4 Å². The molecule has 0 saturated carbocycles. The van der Waals surface area contributed by atoms with Gasteiger partial charge in [-0.3, -0.25) is 9.59 Å². The highest BCUT2D eigenvalue weighted by Gasteiger charge is 2.28. The molecule has 0 unspecified atom stereocenters. The molecule has 146 valence electrons. The quantitative estimate of drug-likeness (QED) is 0.807. The van der Waals surface area contributed by atoms with Gasteiger partial charge in [0.1, 0.15) is 5.75 Å². The van der Waals surface area contributed by atoms with Crippen LogP contribution in [0.5, 0.6) is 5.75 Å². The topological polar surface area (TPSA) is 58.6 Å². The highest BCUT2D eigenvalue weighted by atomic mass is 16.5. The first-order chi connectivity index (χ1) is 13.1. The van der Waals surface area contributed by atoms with E-state index in [4.69, 9.17) is 4.74 Å². The van der Waals surface area contributed by atoms with Crippen molar-refractivity contribution in [3.63, 3.8) is 0 Å². The van der Waals surface area contributed by atoms with Gasteiger partial charge < -0.3 is 15.0 Å². The van der Waals surface area contributed by atoms with Gasteiger partial charge in [0.05, 0.1) is 7.11 Å². The zero-order valence-electron chi connectivity index (χ0n) is 16.4. The number of piperidine rings is 1. The van der Waals surface area contributed by atoms with Gasteiger partial charge in [0.2, 0.25) is 5.91 Å². The van der Waals surface area contributed by atoms with Crippen LogP contribution in [0, 0.1) is 5.92 Å². The minimum Gasteiger partial charge on any atom is -0.497 e. The van der Waals surface area contributed by atoms with E-state index in [0.717, 1.165) is 31.4 Å². The van der Waals surface area contributed by atoms with Crippen molar-refractivity contribution in [3.05, 3.63) is 41.5 Å². The predicted molar refractivity (Wildman–Crippen MR) is 106 cm³/mol. The van der Waals surface area contributed by atoms with Crippen LogP contribution in [0.4, 0.5) is 0 Å². The highest BCUT2D eigenvalue weighted by Crippen LogP contribution is 2.23. The summed E-state index contributed by atoms with van der Waals surface area (Å²) in [6.45, 7) is 3.33. The van der Waals surface area contributed by atoms with Crippen LogP contribution in [-0.2, 0) is 4.79 Å². The number of likely N-dealkylation sites (tertiary alicyclic amines) is 1. The summed E-state index contributed by atoms with van der Waals surface area (Å²) in [6.07, 6.45) is 8.42. The van der Waals surface area contributed by atoms with Gasteiger partial charge in [-0.2, -0.15) is 0 Å². The van der Waals surface area contributed by atoms with Crippen LogP contribution < -0.4 is 10.1 Å². The number of nitrogens with one attached hydrogen (secondary N) is 1. The Balaban J connectivity index is 1.49. The molecular weight excluding hydrogens is 340 g/mol. The third-order valence-electron chi connectivity index (χ3n) is 5.73. The van der Waals surface area contributed by atoms with Gasteiger partial charge in [0, 0.05) is 30.6 Å². The average molecular weight is 370 g/mol. The van der Waals surface area contributed by atoms with E-state index in [9.17, 15) is 9.59 Å². The second kappa shape index (κ2) is 9.07. The number of rotatable bonds is 5. The lowest BCUT2D eigenvalue weighted by molar-refractivity contribution is -0.126. The molecule has 1 aliphatic heterocycles. The molecule has 2 aliphatic rings. The van der Waals surface area contributed by atoms with Gasteiger partial charge in [-0.05, 0) is 69.7 Å². The van der Waals surface area contributed by atoms with Crippen molar-refractivity contribution in [1.29, 1.82) is 0 Å². The minimum atomic E-state index is -0.00319. The number of hydrogen-bond acceptors (Lipinski definition) is 3. The van der Waals surface area contributed by atoms with Crippen LogP contribution in [0.3, 0.4) is 0 Å². The molecule has 1 saturated heterocycles. The Kier molecular flexibility index (Phi) is 6.54. The monoisotopic (exact) mass is 370 g/mol. The van der Waals surface area contributed by atoms with Crippen molar-refractivity contribution < 1.29 is 14.3 Å². The van der Waals surface area contributed by atoms with Crippen molar-refractivity contribution >= 4 is 11.8 Å². The maximum atomic E-state index is 12.6. The van der Waals surface area contributed by atoms with Crippen LogP contribution in [0.25, 0.3) is 0 Å². The van der Waals surface area contributed by atoms with Gasteiger partial charge in [0.15, 0.2) is 0 Å². The lowest BCUT2D eigenvalue weighted by Crippen LogP contribution is -2.45. The van der Waals surface area contributed by atoms with E-state index in [1.165, 1.54) is 18.4 Å². The Labute approximate surface area is 161 Å². The maximum Gasteiger partial charge on any atom is 0.253 e. The molecule has 3 rings (SSSR count). The number of carbonyl (C=O) groups is 2. The lowest BCUT2D eigenvalue weighted by Gasteiger charge is -2.32. The molecule has 0 bridgehead atoms. The lowest BCUT2D eigenvalue weighted by atomic mass is 9.92. The Morgan fingerprint density at radius 3 is 2.44 bits per heavy atom. The fourth-order valence-corrected chi connectivity index (χ4v) is 3.94. The van der Waals surface area contributed by atoms with E-state index < -0.39 is 0 Å². The SMILES string of the molecule is COc1ccc(C(=O)N2CCC(C(=O)N[C@H](C)C3=CCCCC3)CC2)cc1. The largest absolute Gasteiger partial charge is 0.497 e. The first kappa shape index (κ1) is 19.5. The second-order valence-corrected chi connectivity index (χ2v) is 7.55. The van der Waals surface area contributed by atoms with E-state index in [-0.39, 0.29) is 23.8 Å². The van der Waals surface area contributed by atoms with Gasteiger partial charge in [-0.15, -0.1) is 0 Å². The second-order valence-electron chi connectivity index (χ2n) is 7.55. The fourth-order valence-electron chi connectivity index (χ4n) is 3.94. The van der Waals surface area contributed by atoms with Crippen LogP contribution in [0.1, 0.15) is 55.8 Å². The fraction of sp³-hybridized carbons (Fsp3) is 0.545. The summed E-state index contributed by atoms with van der Waals surface area (Å²) in [5.41, 5.74) is 2.03. The Morgan fingerprint density at radius 2 is 1.85 bits per heavy atom. The molecule has 0 spiro atoms. The molecule has 5 heteroatoms. The summed E-state index contributed by atoms with van der Waals surface area (Å²) < 4.78 is 5.14. The third kappa shape index (κ3) is 4.90. The van der Waals surface area contributed by atoms with Crippen LogP contribution in [0.15, 0.2) is 35.9 Å². The molecule has 0 radical (unpaired) electrons. The number of hydrogen-bond donors (Lipinski definition) is 1. The zero-order valence-corrected chi connectivity index (χ0v) is 16.4. The molecule has 1 N–H and O–H groups in total.